The minimum Gasteiger partial charge on any atom is -0.418 e. The van der Waals surface area contributed by atoms with Crippen LogP contribution in [0.25, 0.3) is 0 Å². The summed E-state index contributed by atoms with van der Waals surface area (Å²) in [5, 5.41) is 0. The first kappa shape index (κ1) is 11.9. The van der Waals surface area contributed by atoms with Crippen LogP contribution in [-0.4, -0.2) is 19.0 Å². The van der Waals surface area contributed by atoms with Gasteiger partial charge in [-0.25, -0.2) is 13.6 Å². The second-order valence-corrected chi connectivity index (χ2v) is 6.36. The van der Waals surface area contributed by atoms with Crippen LogP contribution in [0.2, 0.25) is 0 Å². The molecule has 3 nitrogen and oxygen atoms in total. The highest BCUT2D eigenvalue weighted by Crippen LogP contribution is 2.39. The minimum atomic E-state index is -3.08. The van der Waals surface area contributed by atoms with Gasteiger partial charge < -0.3 is 9.30 Å². The topological polar surface area (TPSA) is 43.4 Å². The average molecular weight is 234 g/mol. The van der Waals surface area contributed by atoms with Gasteiger partial charge >= 0.3 is 5.71 Å². The molecule has 1 aromatic carbocycles. The van der Waals surface area contributed by atoms with Gasteiger partial charge in [-0.05, 0) is 25.5 Å². The lowest BCUT2D eigenvalue weighted by Crippen LogP contribution is -2.06. The summed E-state index contributed by atoms with van der Waals surface area (Å²) in [4.78, 5) is 11.1. The van der Waals surface area contributed by atoms with Crippen molar-refractivity contribution < 1.29 is 22.9 Å². The fourth-order valence-electron chi connectivity index (χ4n) is 0.762. The van der Waals surface area contributed by atoms with E-state index in [1.807, 2.05) is 0 Å². The van der Waals surface area contributed by atoms with Crippen LogP contribution in [0.1, 0.15) is 0 Å². The van der Waals surface area contributed by atoms with E-state index >= 15 is 0 Å². The van der Waals surface area contributed by atoms with E-state index in [1.165, 1.54) is 13.3 Å². The first-order valence-corrected chi connectivity index (χ1v) is 6.63. The predicted octanol–water partition coefficient (Wildman–Crippen LogP) is 3.09. The Labute approximate surface area is 85.4 Å². The SMILES string of the molecule is CP(C)(=O)C(=O)Oc1ccc(F)cc1F. The molecule has 0 aromatic heterocycles. The summed E-state index contributed by atoms with van der Waals surface area (Å²) in [6, 6.07) is 2.50. The third-order valence-electron chi connectivity index (χ3n) is 1.53. The summed E-state index contributed by atoms with van der Waals surface area (Å²) < 4.78 is 41.2. The number of carbonyl (C=O) groups is 1. The molecular formula is C9H9F2O3P. The molecule has 0 aliphatic rings. The van der Waals surface area contributed by atoms with Crippen LogP contribution >= 0.6 is 7.14 Å². The monoisotopic (exact) mass is 234 g/mol. The van der Waals surface area contributed by atoms with E-state index in [-0.39, 0.29) is 0 Å². The normalized spacial score (nSPS) is 11.2. The molecule has 6 heteroatoms. The zero-order valence-corrected chi connectivity index (χ0v) is 9.05. The Kier molecular flexibility index (Phi) is 3.25. The summed E-state index contributed by atoms with van der Waals surface area (Å²) in [5.41, 5.74) is -1.01. The van der Waals surface area contributed by atoms with Gasteiger partial charge in [0.1, 0.15) is 5.82 Å². The number of hydrogen-bond donors (Lipinski definition) is 0. The Bertz CT molecular complexity index is 439. The fraction of sp³-hybridized carbons (Fsp3) is 0.222. The molecule has 0 amide bonds. The van der Waals surface area contributed by atoms with Crippen molar-refractivity contribution >= 4 is 12.9 Å². The Hall–Kier alpha value is -1.22. The Morgan fingerprint density at radius 2 is 1.93 bits per heavy atom. The van der Waals surface area contributed by atoms with Gasteiger partial charge in [0.05, 0.1) is 0 Å². The number of benzene rings is 1. The van der Waals surface area contributed by atoms with Gasteiger partial charge in [-0.1, -0.05) is 0 Å². The number of halogens is 2. The van der Waals surface area contributed by atoms with Crippen LogP contribution < -0.4 is 4.74 Å². The highest BCUT2D eigenvalue weighted by molar-refractivity contribution is 7.78. The summed E-state index contributed by atoms with van der Waals surface area (Å²) in [7, 11) is -3.08. The Morgan fingerprint density at radius 3 is 2.40 bits per heavy atom. The highest BCUT2D eigenvalue weighted by Gasteiger charge is 2.23. The number of rotatable bonds is 2. The van der Waals surface area contributed by atoms with E-state index < -0.39 is 30.2 Å². The zero-order chi connectivity index (χ0) is 11.6. The third kappa shape index (κ3) is 3.13. The van der Waals surface area contributed by atoms with E-state index in [1.54, 1.807) is 0 Å². The van der Waals surface area contributed by atoms with Gasteiger partial charge in [0, 0.05) is 6.07 Å². The molecule has 1 aromatic rings. The molecule has 1 rings (SSSR count). The number of ether oxygens (including phenoxy) is 1. The molecule has 0 unspecified atom stereocenters. The molecule has 0 aliphatic heterocycles. The largest absolute Gasteiger partial charge is 0.418 e. The number of carbonyl (C=O) groups excluding carboxylic acids is 1. The second-order valence-electron chi connectivity index (χ2n) is 3.29. The molecule has 0 fully saturated rings. The van der Waals surface area contributed by atoms with E-state index in [0.717, 1.165) is 12.1 Å². The van der Waals surface area contributed by atoms with Crippen molar-refractivity contribution in [3.63, 3.8) is 0 Å². The van der Waals surface area contributed by atoms with E-state index in [4.69, 9.17) is 0 Å². The fourth-order valence-corrected chi connectivity index (χ4v) is 1.08. The molecule has 82 valence electrons. The molecule has 0 heterocycles. The molecule has 0 aliphatic carbocycles. The van der Waals surface area contributed by atoms with Gasteiger partial charge in [-0.3, -0.25) is 0 Å². The van der Waals surface area contributed by atoms with Crippen molar-refractivity contribution in [3.8, 4) is 5.75 Å². The maximum atomic E-state index is 13.0. The molecule has 0 atom stereocenters. The summed E-state index contributed by atoms with van der Waals surface area (Å²) in [5.74, 6) is -2.20. The Balaban J connectivity index is 2.91. The van der Waals surface area contributed by atoms with Crippen LogP contribution in [0, 0.1) is 11.6 Å². The summed E-state index contributed by atoms with van der Waals surface area (Å²) >= 11 is 0. The van der Waals surface area contributed by atoms with Crippen molar-refractivity contribution in [1.82, 2.24) is 0 Å². The molecule has 0 spiro atoms. The van der Waals surface area contributed by atoms with Gasteiger partial charge in [-0.2, -0.15) is 0 Å². The lowest BCUT2D eigenvalue weighted by molar-refractivity contribution is 0.222. The molecule has 15 heavy (non-hydrogen) atoms. The van der Waals surface area contributed by atoms with Crippen LogP contribution in [-0.2, 0) is 4.57 Å². The van der Waals surface area contributed by atoms with Gasteiger partial charge in [0.15, 0.2) is 18.7 Å². The summed E-state index contributed by atoms with van der Waals surface area (Å²) in [6.45, 7) is 2.41. The molecule has 0 N–H and O–H groups in total. The summed E-state index contributed by atoms with van der Waals surface area (Å²) in [6.07, 6.45) is 0. The predicted molar refractivity (Wildman–Crippen MR) is 51.8 cm³/mol. The van der Waals surface area contributed by atoms with E-state index in [2.05, 4.69) is 4.74 Å². The average Bonchev–Trinajstić information content (AvgIpc) is 2.08. The second kappa shape index (κ2) is 4.11. The van der Waals surface area contributed by atoms with Gasteiger partial charge in [-0.15, -0.1) is 0 Å². The smallest absolute Gasteiger partial charge is 0.368 e. The molecule has 0 bridgehead atoms. The standard InChI is InChI=1S/C9H9F2O3P/c1-15(2,13)9(12)14-8-4-3-6(10)5-7(8)11/h3-5H,1-2H3. The van der Waals surface area contributed by atoms with Crippen molar-refractivity contribution in [2.75, 3.05) is 13.3 Å². The van der Waals surface area contributed by atoms with Crippen molar-refractivity contribution in [1.29, 1.82) is 0 Å². The minimum absolute atomic E-state index is 0.426. The van der Waals surface area contributed by atoms with Crippen molar-refractivity contribution in [2.24, 2.45) is 0 Å². The van der Waals surface area contributed by atoms with Gasteiger partial charge in [0.2, 0.25) is 0 Å². The first-order chi connectivity index (χ1) is 6.80. The lowest BCUT2D eigenvalue weighted by atomic mass is 10.3. The van der Waals surface area contributed by atoms with Crippen LogP contribution in [0.5, 0.6) is 5.75 Å². The van der Waals surface area contributed by atoms with E-state index in [0.29, 0.717) is 6.07 Å². The van der Waals surface area contributed by atoms with Crippen LogP contribution in [0.15, 0.2) is 18.2 Å². The Morgan fingerprint density at radius 1 is 1.33 bits per heavy atom. The van der Waals surface area contributed by atoms with E-state index in [9.17, 15) is 18.1 Å². The number of hydrogen-bond acceptors (Lipinski definition) is 3. The van der Waals surface area contributed by atoms with Crippen LogP contribution in [0.4, 0.5) is 13.6 Å². The maximum absolute atomic E-state index is 13.0. The molecule has 0 saturated heterocycles. The maximum Gasteiger partial charge on any atom is 0.368 e. The molecule has 0 radical (unpaired) electrons. The molecular weight excluding hydrogens is 225 g/mol. The van der Waals surface area contributed by atoms with Crippen molar-refractivity contribution in [2.45, 2.75) is 0 Å². The zero-order valence-electron chi connectivity index (χ0n) is 8.16. The highest BCUT2D eigenvalue weighted by atomic mass is 31.2. The lowest BCUT2D eigenvalue weighted by Gasteiger charge is -2.07. The first-order valence-electron chi connectivity index (χ1n) is 4.03. The third-order valence-corrected chi connectivity index (χ3v) is 2.50. The molecule has 0 saturated carbocycles. The van der Waals surface area contributed by atoms with Crippen molar-refractivity contribution in [3.05, 3.63) is 29.8 Å². The van der Waals surface area contributed by atoms with Crippen LogP contribution in [0.3, 0.4) is 0 Å². The quantitative estimate of drug-likeness (QED) is 0.738. The van der Waals surface area contributed by atoms with Gasteiger partial charge in [0.25, 0.3) is 0 Å².